The summed E-state index contributed by atoms with van der Waals surface area (Å²) in [5, 5.41) is 10.9. The molecule has 12 aromatic rings. The fourth-order valence-corrected chi connectivity index (χ4v) is 13.4. The maximum atomic E-state index is 10.9. The van der Waals surface area contributed by atoms with Gasteiger partial charge >= 0.3 is 0 Å². The van der Waals surface area contributed by atoms with Crippen LogP contribution in [-0.2, 0) is 28.6 Å². The van der Waals surface area contributed by atoms with Crippen LogP contribution in [0.15, 0.2) is 285 Å². The van der Waals surface area contributed by atoms with Gasteiger partial charge in [-0.25, -0.2) is 0 Å². The minimum atomic E-state index is -0.682. The van der Waals surface area contributed by atoms with E-state index >= 15 is 0 Å². The molecule has 12 aromatic carbocycles. The Kier molecular flexibility index (Phi) is 14.7. The van der Waals surface area contributed by atoms with E-state index in [2.05, 4.69) is 274 Å². The maximum absolute atomic E-state index is 10.9. The van der Waals surface area contributed by atoms with Gasteiger partial charge in [0.15, 0.2) is 0 Å². The van der Waals surface area contributed by atoms with E-state index in [1.165, 1.54) is 61.2 Å². The highest BCUT2D eigenvalue weighted by Gasteiger charge is 2.47. The summed E-state index contributed by atoms with van der Waals surface area (Å²) in [6.45, 7) is 2.74. The molecule has 2 aliphatic rings. The van der Waals surface area contributed by atoms with Gasteiger partial charge in [0.05, 0.1) is 30.7 Å². The molecule has 6 nitrogen and oxygen atoms in total. The average Bonchev–Trinajstić information content (AvgIpc) is 1.66. The molecule has 87 heavy (non-hydrogen) atoms. The SMILES string of the molecule is COCC(O)Cc1cc(-c2ccc(C)cc2)ccc1Oc1ccc(C2(c3ccc(OCc4ccc(-c5ccc(Oc6ccc(C7(c8ccc(OC)cc8)c8ccccc8-c8ccccc87)cc6)cc5)cc4)cc3)c3ccccc3-c3ccccc32)cc1. The van der Waals surface area contributed by atoms with Gasteiger partial charge in [-0.1, -0.05) is 218 Å². The Morgan fingerprint density at radius 1 is 0.368 bits per heavy atom. The molecule has 0 bridgehead atoms. The third-order valence-electron chi connectivity index (χ3n) is 17.6. The van der Waals surface area contributed by atoms with Crippen LogP contribution in [0.1, 0.15) is 61.2 Å². The molecule has 1 unspecified atom stereocenters. The summed E-state index contributed by atoms with van der Waals surface area (Å²) in [7, 11) is 3.31. The second kappa shape index (κ2) is 23.3. The predicted octanol–water partition coefficient (Wildman–Crippen LogP) is 18.8. The Morgan fingerprint density at radius 3 is 1.18 bits per heavy atom. The Balaban J connectivity index is 0.670. The molecule has 1 N–H and O–H groups in total. The zero-order chi connectivity index (χ0) is 58.9. The van der Waals surface area contributed by atoms with Gasteiger partial charge in [-0.2, -0.15) is 0 Å². The molecule has 6 heteroatoms. The highest BCUT2D eigenvalue weighted by molar-refractivity contribution is 5.88. The summed E-state index contributed by atoms with van der Waals surface area (Å²) >= 11 is 0. The summed E-state index contributed by atoms with van der Waals surface area (Å²) in [6, 6.07) is 101. The number of fused-ring (bicyclic) bond motifs is 6. The van der Waals surface area contributed by atoms with Crippen LogP contribution in [0.2, 0.25) is 0 Å². The van der Waals surface area contributed by atoms with Crippen LogP contribution in [-0.4, -0.2) is 32.0 Å². The first-order chi connectivity index (χ1) is 42.8. The van der Waals surface area contributed by atoms with Crippen molar-refractivity contribution in [2.75, 3.05) is 20.8 Å². The third-order valence-corrected chi connectivity index (χ3v) is 17.6. The van der Waals surface area contributed by atoms with Crippen LogP contribution in [0, 0.1) is 6.92 Å². The van der Waals surface area contributed by atoms with Crippen molar-refractivity contribution in [3.63, 3.8) is 0 Å². The zero-order valence-corrected chi connectivity index (χ0v) is 48.8. The normalized spacial score (nSPS) is 13.4. The Labute approximate surface area is 509 Å². The van der Waals surface area contributed by atoms with Crippen LogP contribution in [0.5, 0.6) is 34.5 Å². The van der Waals surface area contributed by atoms with Gasteiger partial charge in [0, 0.05) is 13.5 Å². The lowest BCUT2D eigenvalue weighted by Crippen LogP contribution is -2.28. The molecule has 0 amide bonds. The van der Waals surface area contributed by atoms with Crippen LogP contribution in [0.4, 0.5) is 0 Å². The van der Waals surface area contributed by atoms with E-state index in [-0.39, 0.29) is 6.61 Å². The lowest BCUT2D eigenvalue weighted by molar-refractivity contribution is 0.0647. The first kappa shape index (κ1) is 54.7. The van der Waals surface area contributed by atoms with Crippen LogP contribution in [0.3, 0.4) is 0 Å². The minimum Gasteiger partial charge on any atom is -0.497 e. The molecule has 0 aromatic heterocycles. The molecule has 0 saturated carbocycles. The smallest absolute Gasteiger partial charge is 0.130 e. The van der Waals surface area contributed by atoms with Gasteiger partial charge in [0.25, 0.3) is 0 Å². The molecule has 0 spiro atoms. The summed E-state index contributed by atoms with van der Waals surface area (Å²) in [5.74, 6) is 4.55. The highest BCUT2D eigenvalue weighted by Crippen LogP contribution is 2.58. The van der Waals surface area contributed by atoms with Crippen molar-refractivity contribution in [2.45, 2.75) is 36.9 Å². The van der Waals surface area contributed by atoms with E-state index in [9.17, 15) is 5.11 Å². The second-order valence-electron chi connectivity index (χ2n) is 22.7. The number of rotatable bonds is 18. The third kappa shape index (κ3) is 10.0. The number of aliphatic hydroxyl groups is 1. The lowest BCUT2D eigenvalue weighted by atomic mass is 9.68. The largest absolute Gasteiger partial charge is 0.497 e. The van der Waals surface area contributed by atoms with Gasteiger partial charge in [0.1, 0.15) is 41.1 Å². The number of hydrogen-bond donors (Lipinski definition) is 1. The van der Waals surface area contributed by atoms with Crippen molar-refractivity contribution in [3.8, 4) is 79.0 Å². The summed E-state index contributed by atoms with van der Waals surface area (Å²) < 4.78 is 30.6. The van der Waals surface area contributed by atoms with E-state index in [1.54, 1.807) is 14.2 Å². The monoisotopic (exact) mass is 1130 g/mol. The summed E-state index contributed by atoms with van der Waals surface area (Å²) in [5.41, 5.74) is 20.9. The molecule has 424 valence electrons. The molecule has 2 aliphatic carbocycles. The van der Waals surface area contributed by atoms with Crippen molar-refractivity contribution in [3.05, 3.63) is 346 Å². The number of methoxy groups -OCH3 is 2. The number of benzene rings is 12. The first-order valence-electron chi connectivity index (χ1n) is 29.7. The molecular weight excluding hydrogens is 1070 g/mol. The predicted molar refractivity (Wildman–Crippen MR) is 349 cm³/mol. The standard InChI is InChI=1S/C81H64O6/c1-54-20-24-58(25-21-54)59-30-49-79(60(50-59)51-65(82)53-83-2)87-70-47-37-64(38-48-70)81(77-18-10-6-14-73(77)74-15-7-11-19-78(74)81)62-33-43-67(44-34-62)85-52-55-22-26-56(27-23-55)57-28-39-68(40-29-57)86-69-45-35-63(36-46-69)80(61-31-41-66(84-3)42-32-61)75-16-8-4-12-71(75)72-13-5-9-17-76(72)80/h4-50,65,82H,51-53H2,1-3H3. The number of hydrogen-bond acceptors (Lipinski definition) is 6. The van der Waals surface area contributed by atoms with Crippen molar-refractivity contribution < 1.29 is 28.8 Å². The van der Waals surface area contributed by atoms with Crippen LogP contribution in [0.25, 0.3) is 44.5 Å². The molecule has 0 radical (unpaired) electrons. The van der Waals surface area contributed by atoms with Crippen LogP contribution >= 0.6 is 0 Å². The molecule has 0 saturated heterocycles. The number of ether oxygens (including phenoxy) is 5. The molecular formula is C81H64O6. The molecule has 0 fully saturated rings. The Hall–Kier alpha value is -10.2. The highest BCUT2D eigenvalue weighted by atomic mass is 16.5. The summed E-state index contributed by atoms with van der Waals surface area (Å²) in [6.07, 6.45) is -0.297. The zero-order valence-electron chi connectivity index (χ0n) is 48.8. The molecule has 14 rings (SSSR count). The minimum absolute atomic E-state index is 0.227. The van der Waals surface area contributed by atoms with Gasteiger partial charge in [-0.3, -0.25) is 0 Å². The Bertz CT molecular complexity index is 4310. The van der Waals surface area contributed by atoms with Gasteiger partial charge < -0.3 is 28.8 Å². The van der Waals surface area contributed by atoms with Crippen molar-refractivity contribution in [2.24, 2.45) is 0 Å². The van der Waals surface area contributed by atoms with Gasteiger partial charge in [0.2, 0.25) is 0 Å². The number of aliphatic hydroxyl groups excluding tert-OH is 1. The fraction of sp³-hybridized carbons (Fsp3) is 0.111. The van der Waals surface area contributed by atoms with E-state index in [1.807, 2.05) is 18.2 Å². The van der Waals surface area contributed by atoms with Crippen molar-refractivity contribution in [1.29, 1.82) is 0 Å². The second-order valence-corrected chi connectivity index (χ2v) is 22.7. The van der Waals surface area contributed by atoms with Gasteiger partial charge in [-0.05, 0) is 180 Å². The lowest BCUT2D eigenvalue weighted by Gasteiger charge is -2.34. The number of aryl methyl sites for hydroxylation is 1. The van der Waals surface area contributed by atoms with Gasteiger partial charge in [-0.15, -0.1) is 0 Å². The first-order valence-corrected chi connectivity index (χ1v) is 29.7. The topological polar surface area (TPSA) is 66.4 Å². The quantitative estimate of drug-likeness (QED) is 0.0923. The molecule has 0 heterocycles. The molecule has 1 atom stereocenters. The maximum Gasteiger partial charge on any atom is 0.130 e. The fourth-order valence-electron chi connectivity index (χ4n) is 13.4. The molecule has 0 aliphatic heterocycles. The Morgan fingerprint density at radius 2 is 0.736 bits per heavy atom. The van der Waals surface area contributed by atoms with E-state index in [0.29, 0.717) is 24.5 Å². The van der Waals surface area contributed by atoms with E-state index < -0.39 is 16.9 Å². The van der Waals surface area contributed by atoms with E-state index in [4.69, 9.17) is 23.7 Å². The van der Waals surface area contributed by atoms with E-state index in [0.717, 1.165) is 67.5 Å². The average molecular weight is 1130 g/mol. The van der Waals surface area contributed by atoms with Crippen molar-refractivity contribution >= 4 is 0 Å². The van der Waals surface area contributed by atoms with Crippen molar-refractivity contribution in [1.82, 2.24) is 0 Å². The summed E-state index contributed by atoms with van der Waals surface area (Å²) in [4.78, 5) is 0. The van der Waals surface area contributed by atoms with Crippen LogP contribution < -0.4 is 18.9 Å².